The molecule has 0 aliphatic rings. The molecule has 0 unspecified atom stereocenters. The van der Waals surface area contributed by atoms with E-state index in [0.717, 1.165) is 22.9 Å². The van der Waals surface area contributed by atoms with Crippen LogP contribution in [-0.4, -0.2) is 27.4 Å². The van der Waals surface area contributed by atoms with Gasteiger partial charge in [-0.1, -0.05) is 53.0 Å². The Labute approximate surface area is 238 Å². The summed E-state index contributed by atoms with van der Waals surface area (Å²) in [5, 5.41) is 17.4. The van der Waals surface area contributed by atoms with Gasteiger partial charge in [-0.25, -0.2) is 4.98 Å². The molecule has 0 spiro atoms. The van der Waals surface area contributed by atoms with Gasteiger partial charge in [0.1, 0.15) is 12.4 Å². The van der Waals surface area contributed by atoms with E-state index in [9.17, 15) is 14.9 Å². The van der Waals surface area contributed by atoms with E-state index in [4.69, 9.17) is 21.1 Å². The van der Waals surface area contributed by atoms with E-state index in [2.05, 4.69) is 32.9 Å². The van der Waals surface area contributed by atoms with Crippen molar-refractivity contribution in [3.8, 4) is 11.5 Å². The highest BCUT2D eigenvalue weighted by Crippen LogP contribution is 2.39. The number of benzene rings is 3. The highest BCUT2D eigenvalue weighted by Gasteiger charge is 2.23. The second-order valence-corrected chi connectivity index (χ2v) is 9.98. The van der Waals surface area contributed by atoms with Crippen LogP contribution in [0.1, 0.15) is 43.6 Å². The molecule has 1 heterocycles. The number of hydrogen-bond donors (Lipinski definition) is 0. The van der Waals surface area contributed by atoms with Crippen LogP contribution < -0.4 is 15.0 Å². The normalized spacial score (nSPS) is 11.3. The number of nitro groups is 1. The van der Waals surface area contributed by atoms with E-state index in [1.54, 1.807) is 49.4 Å². The lowest BCUT2D eigenvalue weighted by Gasteiger charge is -2.13. The molecule has 0 bridgehead atoms. The average molecular weight is 614 g/mol. The number of unbranched alkanes of at least 4 members (excludes halogenated alkanes) is 1. The van der Waals surface area contributed by atoms with E-state index in [-0.39, 0.29) is 36.0 Å². The van der Waals surface area contributed by atoms with Gasteiger partial charge in [0.25, 0.3) is 5.56 Å². The van der Waals surface area contributed by atoms with E-state index >= 15 is 0 Å². The molecule has 39 heavy (non-hydrogen) atoms. The van der Waals surface area contributed by atoms with E-state index in [1.165, 1.54) is 17.0 Å². The Morgan fingerprint density at radius 2 is 1.90 bits per heavy atom. The fourth-order valence-electron chi connectivity index (χ4n) is 3.90. The van der Waals surface area contributed by atoms with Gasteiger partial charge >= 0.3 is 5.69 Å². The zero-order valence-electron chi connectivity index (χ0n) is 21.4. The van der Waals surface area contributed by atoms with Crippen LogP contribution in [-0.2, 0) is 13.0 Å². The minimum absolute atomic E-state index is 0.00646. The SMILES string of the molecule is CCCCc1nc2ccc(Br)cc2c(=O)n1N=Cc1cc(OCC)c(OCc2ccc(Cl)cc2)c([N+](=O)[O-])c1. The van der Waals surface area contributed by atoms with Crippen molar-refractivity contribution >= 4 is 50.3 Å². The Bertz CT molecular complexity index is 1590. The molecule has 1 aromatic heterocycles. The molecule has 0 saturated heterocycles. The molecule has 4 rings (SSSR count). The molecule has 0 aliphatic heterocycles. The van der Waals surface area contributed by atoms with Crippen LogP contribution in [0.15, 0.2) is 69.0 Å². The summed E-state index contributed by atoms with van der Waals surface area (Å²) in [6.07, 6.45) is 3.68. The molecule has 4 aromatic rings. The van der Waals surface area contributed by atoms with Crippen molar-refractivity contribution in [1.29, 1.82) is 0 Å². The summed E-state index contributed by atoms with van der Waals surface area (Å²) in [7, 11) is 0. The van der Waals surface area contributed by atoms with Gasteiger partial charge in [-0.2, -0.15) is 9.78 Å². The summed E-state index contributed by atoms with van der Waals surface area (Å²) in [5.41, 5.74) is 1.13. The molecule has 9 nitrogen and oxygen atoms in total. The van der Waals surface area contributed by atoms with Crippen LogP contribution in [0.25, 0.3) is 10.9 Å². The molecular weight excluding hydrogens is 588 g/mol. The van der Waals surface area contributed by atoms with Crippen LogP contribution in [0.3, 0.4) is 0 Å². The van der Waals surface area contributed by atoms with Gasteiger partial charge in [0.15, 0.2) is 5.75 Å². The summed E-state index contributed by atoms with van der Waals surface area (Å²) in [6.45, 7) is 4.17. The maximum Gasteiger partial charge on any atom is 0.315 e. The molecule has 0 amide bonds. The second kappa shape index (κ2) is 12.9. The summed E-state index contributed by atoms with van der Waals surface area (Å²) >= 11 is 9.34. The third-order valence-corrected chi connectivity index (χ3v) is 6.55. The molecule has 3 aromatic carbocycles. The number of aromatic nitrogens is 2. The van der Waals surface area contributed by atoms with Gasteiger partial charge < -0.3 is 9.47 Å². The molecule has 0 N–H and O–H groups in total. The number of aryl methyl sites for hydroxylation is 1. The lowest BCUT2D eigenvalue weighted by Crippen LogP contribution is -2.22. The quantitative estimate of drug-likeness (QED) is 0.103. The van der Waals surface area contributed by atoms with Crippen LogP contribution in [0.5, 0.6) is 11.5 Å². The van der Waals surface area contributed by atoms with Gasteiger partial charge in [0, 0.05) is 27.5 Å². The van der Waals surface area contributed by atoms with Gasteiger partial charge in [-0.3, -0.25) is 14.9 Å². The number of halogens is 2. The summed E-state index contributed by atoms with van der Waals surface area (Å²) < 4.78 is 13.5. The largest absolute Gasteiger partial charge is 0.490 e. The minimum atomic E-state index is -0.537. The molecular formula is C28H26BrClN4O5. The summed E-state index contributed by atoms with van der Waals surface area (Å²) in [5.74, 6) is 0.712. The van der Waals surface area contributed by atoms with Crippen molar-refractivity contribution in [2.45, 2.75) is 39.7 Å². The van der Waals surface area contributed by atoms with Gasteiger partial charge in [0.2, 0.25) is 5.75 Å². The maximum absolute atomic E-state index is 13.4. The Kier molecular flexibility index (Phi) is 9.32. The van der Waals surface area contributed by atoms with Crippen molar-refractivity contribution in [2.24, 2.45) is 5.10 Å². The fraction of sp³-hybridized carbons (Fsp3) is 0.250. The van der Waals surface area contributed by atoms with Crippen LogP contribution >= 0.6 is 27.5 Å². The number of hydrogen-bond acceptors (Lipinski definition) is 7. The first-order chi connectivity index (χ1) is 18.8. The molecule has 202 valence electrons. The highest BCUT2D eigenvalue weighted by atomic mass is 79.9. The van der Waals surface area contributed by atoms with Gasteiger partial charge in [0.05, 0.1) is 28.6 Å². The van der Waals surface area contributed by atoms with Crippen molar-refractivity contribution in [3.05, 3.63) is 102 Å². The summed E-state index contributed by atoms with van der Waals surface area (Å²) in [4.78, 5) is 29.5. The Balaban J connectivity index is 1.75. The van der Waals surface area contributed by atoms with Gasteiger partial charge in [-0.15, -0.1) is 0 Å². The first kappa shape index (κ1) is 28.3. The van der Waals surface area contributed by atoms with Crippen LogP contribution in [0, 0.1) is 10.1 Å². The first-order valence-electron chi connectivity index (χ1n) is 12.4. The van der Waals surface area contributed by atoms with Crippen molar-refractivity contribution < 1.29 is 14.4 Å². The molecule has 0 fully saturated rings. The first-order valence-corrected chi connectivity index (χ1v) is 13.6. The van der Waals surface area contributed by atoms with E-state index in [0.29, 0.717) is 33.7 Å². The van der Waals surface area contributed by atoms with Crippen molar-refractivity contribution in [1.82, 2.24) is 9.66 Å². The van der Waals surface area contributed by atoms with E-state index < -0.39 is 4.92 Å². The van der Waals surface area contributed by atoms with Crippen molar-refractivity contribution in [3.63, 3.8) is 0 Å². The third-order valence-electron chi connectivity index (χ3n) is 5.80. The molecule has 0 aliphatic carbocycles. The zero-order chi connectivity index (χ0) is 27.9. The standard InChI is InChI=1S/C28H26BrClN4O5/c1-3-5-6-26-32-23-12-9-20(29)15-22(23)28(35)33(26)31-16-19-13-24(34(36)37)27(25(14-19)38-4-2)39-17-18-7-10-21(30)11-8-18/h7-16H,3-6,17H2,1-2H3. The number of ether oxygens (including phenoxy) is 2. The number of rotatable bonds is 11. The number of nitrogens with zero attached hydrogens (tertiary/aromatic N) is 4. The highest BCUT2D eigenvalue weighted by molar-refractivity contribution is 9.10. The Hall–Kier alpha value is -3.76. The molecule has 0 atom stereocenters. The number of fused-ring (bicyclic) bond motifs is 1. The zero-order valence-corrected chi connectivity index (χ0v) is 23.7. The van der Waals surface area contributed by atoms with E-state index in [1.807, 2.05) is 6.07 Å². The molecule has 0 radical (unpaired) electrons. The van der Waals surface area contributed by atoms with Crippen molar-refractivity contribution in [2.75, 3.05) is 6.61 Å². The van der Waals surface area contributed by atoms with Crippen LogP contribution in [0.4, 0.5) is 5.69 Å². The Morgan fingerprint density at radius 3 is 2.59 bits per heavy atom. The number of nitro benzene ring substituents is 1. The topological polar surface area (TPSA) is 109 Å². The third kappa shape index (κ3) is 6.82. The predicted octanol–water partition coefficient (Wildman–Crippen LogP) is 6.92. The second-order valence-electron chi connectivity index (χ2n) is 8.63. The summed E-state index contributed by atoms with van der Waals surface area (Å²) in [6, 6.07) is 15.2. The molecule has 0 saturated carbocycles. The lowest BCUT2D eigenvalue weighted by atomic mass is 10.1. The average Bonchev–Trinajstić information content (AvgIpc) is 2.92. The maximum atomic E-state index is 13.4. The minimum Gasteiger partial charge on any atom is -0.490 e. The smallest absolute Gasteiger partial charge is 0.315 e. The van der Waals surface area contributed by atoms with Gasteiger partial charge in [-0.05, 0) is 55.3 Å². The Morgan fingerprint density at radius 1 is 1.13 bits per heavy atom. The monoisotopic (exact) mass is 612 g/mol. The fourth-order valence-corrected chi connectivity index (χ4v) is 4.38. The lowest BCUT2D eigenvalue weighted by molar-refractivity contribution is -0.386. The predicted molar refractivity (Wildman–Crippen MR) is 155 cm³/mol. The van der Waals surface area contributed by atoms with Crippen LogP contribution in [0.2, 0.25) is 5.02 Å². The molecule has 11 heteroatoms.